The molecule has 1 aromatic heterocycles. The molecule has 1 atom stereocenters. The van der Waals surface area contributed by atoms with Crippen LogP contribution in [0.2, 0.25) is 0 Å². The molecule has 2 rings (SSSR count). The monoisotopic (exact) mass is 220 g/mol. The third-order valence-electron chi connectivity index (χ3n) is 2.37. The van der Waals surface area contributed by atoms with Gasteiger partial charge >= 0.3 is 0 Å². The first kappa shape index (κ1) is 10.8. The molecule has 84 valence electrons. The molecule has 2 aromatic rings. The maximum atomic E-state index is 13.3. The number of hydrogen-bond acceptors (Lipinski definition) is 3. The van der Waals surface area contributed by atoms with E-state index in [4.69, 9.17) is 10.2 Å². The molecule has 0 saturated heterocycles. The van der Waals surface area contributed by atoms with E-state index in [1.165, 1.54) is 6.07 Å². The zero-order valence-corrected chi connectivity index (χ0v) is 9.20. The summed E-state index contributed by atoms with van der Waals surface area (Å²) in [5, 5.41) is 0. The van der Waals surface area contributed by atoms with Crippen LogP contribution in [0, 0.1) is 12.7 Å². The molecule has 0 fully saturated rings. The van der Waals surface area contributed by atoms with Gasteiger partial charge in [-0.25, -0.2) is 9.37 Å². The molecule has 1 heterocycles. The molecule has 0 radical (unpaired) electrons. The van der Waals surface area contributed by atoms with Crippen LogP contribution in [-0.2, 0) is 0 Å². The second-order valence-electron chi connectivity index (χ2n) is 3.82. The first-order chi connectivity index (χ1) is 7.58. The average Bonchev–Trinajstić information content (AvgIpc) is 2.71. The van der Waals surface area contributed by atoms with Crippen LogP contribution in [-0.4, -0.2) is 4.98 Å². The molecule has 0 bridgehead atoms. The van der Waals surface area contributed by atoms with Gasteiger partial charge in [0.2, 0.25) is 5.89 Å². The summed E-state index contributed by atoms with van der Waals surface area (Å²) in [4.78, 5) is 4.03. The summed E-state index contributed by atoms with van der Waals surface area (Å²) >= 11 is 0. The highest BCUT2D eigenvalue weighted by Crippen LogP contribution is 2.23. The van der Waals surface area contributed by atoms with Crippen LogP contribution in [0.3, 0.4) is 0 Å². The lowest BCUT2D eigenvalue weighted by Gasteiger charge is -2.00. The smallest absolute Gasteiger partial charge is 0.211 e. The highest BCUT2D eigenvalue weighted by atomic mass is 19.1. The number of halogens is 1. The van der Waals surface area contributed by atoms with Crippen molar-refractivity contribution in [2.75, 3.05) is 0 Å². The van der Waals surface area contributed by atoms with E-state index in [0.717, 1.165) is 0 Å². The molecular formula is C12H13FN2O. The first-order valence-electron chi connectivity index (χ1n) is 5.06. The predicted molar refractivity (Wildman–Crippen MR) is 59.2 cm³/mol. The molecule has 0 aliphatic rings. The van der Waals surface area contributed by atoms with Gasteiger partial charge in [-0.15, -0.1) is 0 Å². The molecule has 4 heteroatoms. The van der Waals surface area contributed by atoms with Crippen molar-refractivity contribution in [1.29, 1.82) is 0 Å². The lowest BCUT2D eigenvalue weighted by molar-refractivity contribution is 0.473. The van der Waals surface area contributed by atoms with E-state index in [0.29, 0.717) is 22.8 Å². The van der Waals surface area contributed by atoms with E-state index >= 15 is 0 Å². The van der Waals surface area contributed by atoms with Crippen LogP contribution < -0.4 is 5.73 Å². The Morgan fingerprint density at radius 2 is 2.19 bits per heavy atom. The minimum atomic E-state index is -0.260. The van der Waals surface area contributed by atoms with E-state index in [1.807, 2.05) is 0 Å². The minimum absolute atomic E-state index is 0.253. The van der Waals surface area contributed by atoms with Crippen molar-refractivity contribution in [3.05, 3.63) is 41.7 Å². The average molecular weight is 220 g/mol. The molecule has 2 N–H and O–H groups in total. The lowest BCUT2D eigenvalue weighted by Crippen LogP contribution is -2.04. The zero-order chi connectivity index (χ0) is 11.7. The number of oxazole rings is 1. The van der Waals surface area contributed by atoms with Crippen molar-refractivity contribution >= 4 is 0 Å². The Labute approximate surface area is 93.1 Å². The fourth-order valence-electron chi connectivity index (χ4n) is 1.38. The fourth-order valence-corrected chi connectivity index (χ4v) is 1.38. The van der Waals surface area contributed by atoms with Gasteiger partial charge in [0.15, 0.2) is 5.76 Å². The van der Waals surface area contributed by atoms with Crippen LogP contribution in [0.1, 0.15) is 24.4 Å². The maximum absolute atomic E-state index is 13.3. The van der Waals surface area contributed by atoms with E-state index < -0.39 is 0 Å². The van der Waals surface area contributed by atoms with Gasteiger partial charge in [0.1, 0.15) is 5.82 Å². The van der Waals surface area contributed by atoms with Crippen LogP contribution >= 0.6 is 0 Å². The van der Waals surface area contributed by atoms with E-state index in [1.54, 1.807) is 32.2 Å². The minimum Gasteiger partial charge on any atom is -0.439 e. The molecule has 0 saturated carbocycles. The first-order valence-corrected chi connectivity index (χ1v) is 5.06. The molecule has 1 unspecified atom stereocenters. The van der Waals surface area contributed by atoms with Crippen LogP contribution in [0.25, 0.3) is 11.3 Å². The molecule has 0 aliphatic heterocycles. The highest BCUT2D eigenvalue weighted by Gasteiger charge is 2.10. The number of aryl methyl sites for hydroxylation is 1. The number of aromatic nitrogens is 1. The third kappa shape index (κ3) is 1.97. The number of nitrogens with zero attached hydrogens (tertiary/aromatic N) is 1. The molecule has 0 amide bonds. The number of hydrogen-bond donors (Lipinski definition) is 1. The zero-order valence-electron chi connectivity index (χ0n) is 9.20. The second-order valence-corrected chi connectivity index (χ2v) is 3.82. The van der Waals surface area contributed by atoms with Crippen molar-refractivity contribution in [2.24, 2.45) is 5.73 Å². The van der Waals surface area contributed by atoms with Crippen molar-refractivity contribution in [3.8, 4) is 11.3 Å². The van der Waals surface area contributed by atoms with E-state index in [2.05, 4.69) is 4.98 Å². The number of rotatable bonds is 2. The Hall–Kier alpha value is -1.68. The van der Waals surface area contributed by atoms with Gasteiger partial charge in [0.25, 0.3) is 0 Å². The topological polar surface area (TPSA) is 52.0 Å². The van der Waals surface area contributed by atoms with Crippen LogP contribution in [0.15, 0.2) is 28.8 Å². The van der Waals surface area contributed by atoms with Crippen LogP contribution in [0.4, 0.5) is 4.39 Å². The van der Waals surface area contributed by atoms with Gasteiger partial charge in [0, 0.05) is 5.56 Å². The van der Waals surface area contributed by atoms with Crippen molar-refractivity contribution in [2.45, 2.75) is 19.9 Å². The molecule has 0 aliphatic carbocycles. The summed E-state index contributed by atoms with van der Waals surface area (Å²) in [6.45, 7) is 3.50. The maximum Gasteiger partial charge on any atom is 0.211 e. The third-order valence-corrected chi connectivity index (χ3v) is 2.37. The molecule has 0 spiro atoms. The van der Waals surface area contributed by atoms with E-state index in [9.17, 15) is 4.39 Å². The van der Waals surface area contributed by atoms with Gasteiger partial charge in [-0.1, -0.05) is 12.1 Å². The Balaban J connectivity index is 2.39. The van der Waals surface area contributed by atoms with Gasteiger partial charge in [-0.05, 0) is 25.5 Å². The SMILES string of the molecule is Cc1ccc(-c2cnc(C(C)N)o2)cc1F. The molecular weight excluding hydrogens is 207 g/mol. The van der Waals surface area contributed by atoms with Crippen LogP contribution in [0.5, 0.6) is 0 Å². The molecule has 3 nitrogen and oxygen atoms in total. The lowest BCUT2D eigenvalue weighted by atomic mass is 10.1. The normalized spacial score (nSPS) is 12.8. The second kappa shape index (κ2) is 4.06. The largest absolute Gasteiger partial charge is 0.439 e. The Kier molecular flexibility index (Phi) is 2.75. The van der Waals surface area contributed by atoms with Crippen molar-refractivity contribution < 1.29 is 8.81 Å². The van der Waals surface area contributed by atoms with E-state index in [-0.39, 0.29) is 11.9 Å². The standard InChI is InChI=1S/C12H13FN2O/c1-7-3-4-9(5-10(7)13)11-6-15-12(16-11)8(2)14/h3-6,8H,14H2,1-2H3. The summed E-state index contributed by atoms with van der Waals surface area (Å²) in [6, 6.07) is 4.67. The molecule has 1 aromatic carbocycles. The predicted octanol–water partition coefficient (Wildman–Crippen LogP) is 2.81. The number of nitrogens with two attached hydrogens (primary N) is 1. The quantitative estimate of drug-likeness (QED) is 0.846. The van der Waals surface area contributed by atoms with Gasteiger partial charge in [-0.3, -0.25) is 0 Å². The summed E-state index contributed by atoms with van der Waals surface area (Å²) in [6.07, 6.45) is 1.56. The van der Waals surface area contributed by atoms with Gasteiger partial charge < -0.3 is 10.2 Å². The van der Waals surface area contributed by atoms with Gasteiger partial charge in [0.05, 0.1) is 12.2 Å². The molecule has 16 heavy (non-hydrogen) atoms. The van der Waals surface area contributed by atoms with Gasteiger partial charge in [-0.2, -0.15) is 0 Å². The Morgan fingerprint density at radius 1 is 1.44 bits per heavy atom. The Morgan fingerprint density at radius 3 is 2.75 bits per heavy atom. The Bertz CT molecular complexity index is 505. The highest BCUT2D eigenvalue weighted by molar-refractivity contribution is 5.57. The van der Waals surface area contributed by atoms with Crippen molar-refractivity contribution in [1.82, 2.24) is 4.98 Å². The number of benzene rings is 1. The summed E-state index contributed by atoms with van der Waals surface area (Å²) < 4.78 is 18.8. The van der Waals surface area contributed by atoms with Crippen molar-refractivity contribution in [3.63, 3.8) is 0 Å². The summed E-state index contributed by atoms with van der Waals surface area (Å²) in [5.74, 6) is 0.735. The summed E-state index contributed by atoms with van der Waals surface area (Å²) in [5.41, 5.74) is 6.90. The fraction of sp³-hybridized carbons (Fsp3) is 0.250. The summed E-state index contributed by atoms with van der Waals surface area (Å²) in [7, 11) is 0.